The number of hydrogen-bond donors (Lipinski definition) is 0. The highest BCUT2D eigenvalue weighted by Crippen LogP contribution is 2.32. The maximum Gasteiger partial charge on any atom is 0.266 e. The van der Waals surface area contributed by atoms with Crippen LogP contribution in [0.5, 0.6) is 11.6 Å². The largest absolute Gasteiger partial charge is 0.437 e. The molecular formula is C15H16ClNO3S. The zero-order chi connectivity index (χ0) is 15.6. The number of nitrogens with zero attached hydrogens (tertiary/aromatic N) is 1. The van der Waals surface area contributed by atoms with Gasteiger partial charge in [0.2, 0.25) is 5.88 Å². The first kappa shape index (κ1) is 15.8. The predicted molar refractivity (Wildman–Crippen MR) is 82.6 cm³/mol. The summed E-state index contributed by atoms with van der Waals surface area (Å²) in [7, 11) is 1.50. The van der Waals surface area contributed by atoms with Crippen LogP contribution in [0.2, 0.25) is 0 Å². The third-order valence-corrected chi connectivity index (χ3v) is 4.42. The smallest absolute Gasteiger partial charge is 0.266 e. The van der Waals surface area contributed by atoms with E-state index in [4.69, 9.17) is 15.4 Å². The second-order valence-electron chi connectivity index (χ2n) is 5.03. The summed E-state index contributed by atoms with van der Waals surface area (Å²) in [6.45, 7) is 6.03. The van der Waals surface area contributed by atoms with Gasteiger partial charge in [-0.15, -0.1) is 0 Å². The van der Waals surface area contributed by atoms with E-state index in [-0.39, 0.29) is 10.8 Å². The molecule has 0 unspecified atom stereocenters. The maximum absolute atomic E-state index is 11.5. The minimum absolute atomic E-state index is 0.0171. The van der Waals surface area contributed by atoms with E-state index in [2.05, 4.69) is 18.8 Å². The molecule has 0 bridgehead atoms. The fourth-order valence-corrected chi connectivity index (χ4v) is 2.72. The minimum Gasteiger partial charge on any atom is -0.437 e. The van der Waals surface area contributed by atoms with Crippen LogP contribution in [-0.2, 0) is 9.05 Å². The van der Waals surface area contributed by atoms with Crippen LogP contribution >= 0.6 is 10.7 Å². The predicted octanol–water partition coefficient (Wildman–Crippen LogP) is 4.23. The molecule has 0 saturated heterocycles. The van der Waals surface area contributed by atoms with Gasteiger partial charge in [-0.2, -0.15) is 0 Å². The van der Waals surface area contributed by atoms with Gasteiger partial charge in [-0.05, 0) is 42.2 Å². The molecule has 21 heavy (non-hydrogen) atoms. The van der Waals surface area contributed by atoms with Gasteiger partial charge in [0.05, 0.1) is 0 Å². The van der Waals surface area contributed by atoms with Gasteiger partial charge in [-0.1, -0.05) is 26.0 Å². The Bertz CT molecular complexity index is 757. The molecule has 0 aliphatic carbocycles. The van der Waals surface area contributed by atoms with E-state index in [1.165, 1.54) is 18.3 Å². The van der Waals surface area contributed by atoms with Crippen LogP contribution in [0.25, 0.3) is 0 Å². The molecule has 0 radical (unpaired) electrons. The van der Waals surface area contributed by atoms with Crippen molar-refractivity contribution in [3.63, 3.8) is 0 Å². The Labute approximate surface area is 129 Å². The Hall–Kier alpha value is -1.59. The lowest BCUT2D eigenvalue weighted by molar-refractivity contribution is 0.444. The van der Waals surface area contributed by atoms with Gasteiger partial charge in [0.15, 0.2) is 0 Å². The number of hydrogen-bond acceptors (Lipinski definition) is 4. The lowest BCUT2D eigenvalue weighted by Gasteiger charge is -2.13. The Balaban J connectivity index is 2.46. The first-order valence-electron chi connectivity index (χ1n) is 6.47. The van der Waals surface area contributed by atoms with E-state index in [1.54, 1.807) is 0 Å². The summed E-state index contributed by atoms with van der Waals surface area (Å²) in [5.74, 6) is 0.894. The van der Waals surface area contributed by atoms with Crippen LogP contribution in [0.4, 0.5) is 0 Å². The van der Waals surface area contributed by atoms with Gasteiger partial charge in [-0.25, -0.2) is 13.4 Å². The molecular weight excluding hydrogens is 310 g/mol. The summed E-state index contributed by atoms with van der Waals surface area (Å²) in [5, 5.41) is 0. The molecule has 1 heterocycles. The fraction of sp³-hybridized carbons (Fsp3) is 0.267. The molecule has 1 aromatic heterocycles. The Morgan fingerprint density at radius 3 is 2.57 bits per heavy atom. The van der Waals surface area contributed by atoms with Crippen molar-refractivity contribution < 1.29 is 13.2 Å². The van der Waals surface area contributed by atoms with E-state index in [1.807, 2.05) is 25.1 Å². The maximum atomic E-state index is 11.5. The van der Waals surface area contributed by atoms with E-state index >= 15 is 0 Å². The van der Waals surface area contributed by atoms with Crippen LogP contribution in [0.1, 0.15) is 30.9 Å². The number of aryl methyl sites for hydroxylation is 1. The highest BCUT2D eigenvalue weighted by atomic mass is 35.7. The molecule has 0 atom stereocenters. The summed E-state index contributed by atoms with van der Waals surface area (Å²) in [6.07, 6.45) is 1.46. The van der Waals surface area contributed by atoms with Crippen LogP contribution < -0.4 is 4.74 Å². The highest BCUT2D eigenvalue weighted by molar-refractivity contribution is 8.13. The number of halogens is 1. The van der Waals surface area contributed by atoms with Crippen molar-refractivity contribution in [3.05, 3.63) is 47.7 Å². The van der Waals surface area contributed by atoms with Gasteiger partial charge >= 0.3 is 0 Å². The number of pyridine rings is 1. The number of aromatic nitrogens is 1. The lowest BCUT2D eigenvalue weighted by Crippen LogP contribution is -1.99. The second kappa shape index (κ2) is 6.03. The molecule has 0 aliphatic rings. The van der Waals surface area contributed by atoms with E-state index in [9.17, 15) is 8.42 Å². The molecule has 112 valence electrons. The summed E-state index contributed by atoms with van der Waals surface area (Å²) in [6, 6.07) is 8.71. The molecule has 1 aromatic carbocycles. The minimum atomic E-state index is -3.91. The van der Waals surface area contributed by atoms with Crippen molar-refractivity contribution in [3.8, 4) is 11.6 Å². The van der Waals surface area contributed by atoms with Crippen LogP contribution in [0.3, 0.4) is 0 Å². The third-order valence-electron chi connectivity index (χ3n) is 3.08. The summed E-state index contributed by atoms with van der Waals surface area (Å²) in [4.78, 5) is 3.83. The Morgan fingerprint density at radius 1 is 1.24 bits per heavy atom. The molecule has 0 amide bonds. The summed E-state index contributed by atoms with van der Waals surface area (Å²) in [5.41, 5.74) is 1.99. The topological polar surface area (TPSA) is 56.3 Å². The first-order valence-corrected chi connectivity index (χ1v) is 8.78. The average molecular weight is 326 g/mol. The van der Waals surface area contributed by atoms with Gasteiger partial charge in [0.25, 0.3) is 9.05 Å². The Kier molecular flexibility index (Phi) is 4.54. The fourth-order valence-electron chi connectivity index (χ4n) is 1.83. The highest BCUT2D eigenvalue weighted by Gasteiger charge is 2.19. The monoisotopic (exact) mass is 325 g/mol. The zero-order valence-electron chi connectivity index (χ0n) is 12.0. The third kappa shape index (κ3) is 3.74. The average Bonchev–Trinajstić information content (AvgIpc) is 2.40. The second-order valence-corrected chi connectivity index (χ2v) is 7.56. The standard InChI is InChI=1S/C15H16ClNO3S/c1-10(2)12-7-6-11(3)13(9-12)20-15-14(21(16,18)19)5-4-8-17-15/h4-10H,1-3H3. The van der Waals surface area contributed by atoms with Gasteiger partial charge in [0.1, 0.15) is 10.6 Å². The van der Waals surface area contributed by atoms with Crippen LogP contribution in [-0.4, -0.2) is 13.4 Å². The van der Waals surface area contributed by atoms with Crippen LogP contribution in [0, 0.1) is 6.92 Å². The quantitative estimate of drug-likeness (QED) is 0.789. The molecule has 0 N–H and O–H groups in total. The lowest BCUT2D eigenvalue weighted by atomic mass is 10.0. The molecule has 2 rings (SSSR count). The van der Waals surface area contributed by atoms with Gasteiger partial charge < -0.3 is 4.74 Å². The van der Waals surface area contributed by atoms with Crippen molar-refractivity contribution >= 4 is 19.7 Å². The van der Waals surface area contributed by atoms with Gasteiger partial charge in [-0.3, -0.25) is 0 Å². The zero-order valence-corrected chi connectivity index (χ0v) is 13.6. The summed E-state index contributed by atoms with van der Waals surface area (Å²) < 4.78 is 28.8. The molecule has 0 saturated carbocycles. The number of ether oxygens (including phenoxy) is 1. The molecule has 4 nitrogen and oxygen atoms in total. The summed E-state index contributed by atoms with van der Waals surface area (Å²) >= 11 is 0. The van der Waals surface area contributed by atoms with Crippen LogP contribution in [0.15, 0.2) is 41.4 Å². The molecule has 0 aliphatic heterocycles. The van der Waals surface area contributed by atoms with Gasteiger partial charge in [0, 0.05) is 16.9 Å². The SMILES string of the molecule is Cc1ccc(C(C)C)cc1Oc1ncccc1S(=O)(=O)Cl. The molecule has 2 aromatic rings. The first-order chi connectivity index (χ1) is 9.79. The number of benzene rings is 1. The number of rotatable bonds is 4. The normalized spacial score (nSPS) is 11.7. The molecule has 0 fully saturated rings. The van der Waals surface area contributed by atoms with Crippen molar-refractivity contribution in [1.82, 2.24) is 4.98 Å². The Morgan fingerprint density at radius 2 is 1.95 bits per heavy atom. The van der Waals surface area contributed by atoms with Crippen molar-refractivity contribution in [1.29, 1.82) is 0 Å². The van der Waals surface area contributed by atoms with E-state index < -0.39 is 9.05 Å². The molecule has 6 heteroatoms. The van der Waals surface area contributed by atoms with Crippen molar-refractivity contribution in [2.24, 2.45) is 0 Å². The van der Waals surface area contributed by atoms with Crippen molar-refractivity contribution in [2.75, 3.05) is 0 Å². The molecule has 0 spiro atoms. The van der Waals surface area contributed by atoms with E-state index in [0.717, 1.165) is 11.1 Å². The van der Waals surface area contributed by atoms with E-state index in [0.29, 0.717) is 11.7 Å². The van der Waals surface area contributed by atoms with Crippen molar-refractivity contribution in [2.45, 2.75) is 31.6 Å².